The quantitative estimate of drug-likeness (QED) is 0.234. The number of aliphatic hydroxyl groups excluding tert-OH is 1. The maximum Gasteiger partial charge on any atom is 0.222 e. The lowest BCUT2D eigenvalue weighted by atomic mass is 9.51. The molecule has 0 aromatic heterocycles. The molecule has 3 fully saturated rings. The van der Waals surface area contributed by atoms with Crippen LogP contribution in [0.2, 0.25) is 0 Å². The Hall–Kier alpha value is -2.40. The number of halogens is 1. The predicted molar refractivity (Wildman–Crippen MR) is 179 cm³/mol. The molecule has 2 aromatic rings. The number of aliphatic hydroxyl groups is 1. The van der Waals surface area contributed by atoms with Gasteiger partial charge in [0.05, 0.1) is 6.10 Å². The van der Waals surface area contributed by atoms with Gasteiger partial charge in [-0.3, -0.25) is 4.79 Å². The topological polar surface area (TPSA) is 60.8 Å². The highest BCUT2D eigenvalue weighted by atomic mass is 19.1. The first-order valence-electron chi connectivity index (χ1n) is 18.3. The summed E-state index contributed by atoms with van der Waals surface area (Å²) in [5.74, 6) is 2.13. The van der Waals surface area contributed by atoms with Crippen LogP contribution in [0.1, 0.15) is 126 Å². The Balaban J connectivity index is 1.05. The standard InChI is InChI=1S/C40H56FNO3/c1-40-26-35(41)39-33-19-18-32(43)25-31(33)24-30(38(39)34(40)20-21-36(40)44)16-10-2-3-11-23-42(27-29-14-8-5-9-15-29)37(45)22-17-28-12-6-4-7-13-28/h5,8-9,14-15,18-19,25,28,30,34-36,38-39,43-44H,2-4,6-7,10-13,16-17,20-24,26-27H2,1H3/t30?,34?,35?,36?,38?,39?,40-/m0/s1. The highest BCUT2D eigenvalue weighted by Gasteiger charge is 2.59. The zero-order valence-corrected chi connectivity index (χ0v) is 27.5. The maximum absolute atomic E-state index is 16.1. The number of nitrogens with zero attached hydrogens (tertiary/aromatic N) is 1. The van der Waals surface area contributed by atoms with Crippen LogP contribution >= 0.6 is 0 Å². The smallest absolute Gasteiger partial charge is 0.222 e. The SMILES string of the molecule is C[C@]12CC(F)C3c4ccc(O)cc4CC(CCCCCCN(Cc4ccccc4)C(=O)CCC4CCCCC4)C3C1CCC2O. The second-order valence-electron chi connectivity index (χ2n) is 15.4. The van der Waals surface area contributed by atoms with Crippen molar-refractivity contribution in [3.05, 3.63) is 65.2 Å². The summed E-state index contributed by atoms with van der Waals surface area (Å²) in [5, 5.41) is 21.2. The minimum absolute atomic E-state index is 0.131. The number of carbonyl (C=O) groups excluding carboxylic acids is 1. The van der Waals surface area contributed by atoms with Gasteiger partial charge in [-0.25, -0.2) is 4.39 Å². The van der Waals surface area contributed by atoms with Gasteiger partial charge in [-0.05, 0) is 103 Å². The minimum atomic E-state index is -0.957. The van der Waals surface area contributed by atoms with Gasteiger partial charge in [0.25, 0.3) is 0 Å². The average Bonchev–Trinajstić information content (AvgIpc) is 3.34. The largest absolute Gasteiger partial charge is 0.508 e. The summed E-state index contributed by atoms with van der Waals surface area (Å²) in [4.78, 5) is 15.5. The Kier molecular flexibility index (Phi) is 10.5. The molecule has 2 aromatic carbocycles. The molecular formula is C40H56FNO3. The number of fused-ring (bicyclic) bond motifs is 5. The molecule has 0 spiro atoms. The molecular weight excluding hydrogens is 561 g/mol. The molecule has 0 saturated heterocycles. The van der Waals surface area contributed by atoms with Crippen molar-refractivity contribution in [3.8, 4) is 5.75 Å². The van der Waals surface area contributed by atoms with Crippen molar-refractivity contribution in [2.24, 2.45) is 29.1 Å². The highest BCUT2D eigenvalue weighted by Crippen LogP contribution is 2.63. The minimum Gasteiger partial charge on any atom is -0.508 e. The summed E-state index contributed by atoms with van der Waals surface area (Å²) < 4.78 is 16.1. The van der Waals surface area contributed by atoms with Crippen LogP contribution in [0.25, 0.3) is 0 Å². The van der Waals surface area contributed by atoms with Crippen LogP contribution in [0.4, 0.5) is 4.39 Å². The van der Waals surface area contributed by atoms with Crippen LogP contribution in [-0.2, 0) is 17.8 Å². The third-order valence-corrected chi connectivity index (χ3v) is 12.6. The predicted octanol–water partition coefficient (Wildman–Crippen LogP) is 9.12. The molecule has 6 rings (SSSR count). The lowest BCUT2D eigenvalue weighted by molar-refractivity contribution is -0.132. The van der Waals surface area contributed by atoms with E-state index in [1.54, 1.807) is 6.07 Å². The first kappa shape index (κ1) is 32.5. The Morgan fingerprint density at radius 2 is 1.73 bits per heavy atom. The molecule has 4 aliphatic carbocycles. The van der Waals surface area contributed by atoms with E-state index in [9.17, 15) is 15.0 Å². The van der Waals surface area contributed by atoms with Gasteiger partial charge in [-0.1, -0.05) is 94.7 Å². The molecule has 1 amide bonds. The summed E-state index contributed by atoms with van der Waals surface area (Å²) in [6.45, 7) is 3.64. The molecule has 0 heterocycles. The molecule has 0 aliphatic heterocycles. The summed E-state index contributed by atoms with van der Waals surface area (Å²) >= 11 is 0. The van der Waals surface area contributed by atoms with E-state index in [1.165, 1.54) is 37.7 Å². The molecule has 4 nitrogen and oxygen atoms in total. The van der Waals surface area contributed by atoms with E-state index in [0.29, 0.717) is 37.1 Å². The van der Waals surface area contributed by atoms with E-state index >= 15 is 4.39 Å². The highest BCUT2D eigenvalue weighted by molar-refractivity contribution is 5.76. The average molecular weight is 618 g/mol. The van der Waals surface area contributed by atoms with E-state index in [1.807, 2.05) is 18.2 Å². The molecule has 5 heteroatoms. The van der Waals surface area contributed by atoms with Crippen LogP contribution in [0.3, 0.4) is 0 Å². The molecule has 0 radical (unpaired) electrons. The molecule has 7 atom stereocenters. The van der Waals surface area contributed by atoms with Crippen LogP contribution in [0, 0.1) is 29.1 Å². The summed E-state index contributed by atoms with van der Waals surface area (Å²) in [7, 11) is 0. The lowest BCUT2D eigenvalue weighted by Gasteiger charge is -2.54. The van der Waals surface area contributed by atoms with E-state index < -0.39 is 12.3 Å². The van der Waals surface area contributed by atoms with Crippen molar-refractivity contribution in [1.82, 2.24) is 4.90 Å². The van der Waals surface area contributed by atoms with E-state index in [0.717, 1.165) is 81.4 Å². The fourth-order valence-electron chi connectivity index (χ4n) is 10.2. The molecule has 6 unspecified atom stereocenters. The molecule has 2 N–H and O–H groups in total. The van der Waals surface area contributed by atoms with E-state index in [-0.39, 0.29) is 23.0 Å². The lowest BCUT2D eigenvalue weighted by Crippen LogP contribution is -2.51. The van der Waals surface area contributed by atoms with Crippen LogP contribution in [0.15, 0.2) is 48.5 Å². The van der Waals surface area contributed by atoms with Gasteiger partial charge in [0.2, 0.25) is 5.91 Å². The number of amides is 1. The third-order valence-electron chi connectivity index (χ3n) is 12.6. The van der Waals surface area contributed by atoms with Crippen molar-refractivity contribution in [2.45, 2.75) is 134 Å². The van der Waals surface area contributed by atoms with Gasteiger partial charge in [0, 0.05) is 25.4 Å². The number of phenolic OH excluding ortho intramolecular Hbond substituents is 1. The number of benzene rings is 2. The van der Waals surface area contributed by atoms with Crippen molar-refractivity contribution in [1.29, 1.82) is 0 Å². The maximum atomic E-state index is 16.1. The third kappa shape index (κ3) is 7.29. The molecule has 0 bridgehead atoms. The number of carbonyl (C=O) groups is 1. The van der Waals surface area contributed by atoms with Gasteiger partial charge in [-0.15, -0.1) is 0 Å². The van der Waals surface area contributed by atoms with Crippen LogP contribution < -0.4 is 0 Å². The zero-order chi connectivity index (χ0) is 31.4. The van der Waals surface area contributed by atoms with Crippen molar-refractivity contribution >= 4 is 5.91 Å². The van der Waals surface area contributed by atoms with Gasteiger partial charge < -0.3 is 15.1 Å². The van der Waals surface area contributed by atoms with E-state index in [4.69, 9.17) is 0 Å². The normalized spacial score (nSPS) is 31.2. The Labute approximate surface area is 270 Å². The second kappa shape index (κ2) is 14.6. The van der Waals surface area contributed by atoms with Gasteiger partial charge in [-0.2, -0.15) is 0 Å². The van der Waals surface area contributed by atoms with E-state index in [2.05, 4.69) is 36.1 Å². The Morgan fingerprint density at radius 3 is 2.53 bits per heavy atom. The first-order chi connectivity index (χ1) is 21.8. The second-order valence-corrected chi connectivity index (χ2v) is 15.4. The number of alkyl halides is 1. The molecule has 4 aliphatic rings. The summed E-state index contributed by atoms with van der Waals surface area (Å²) in [5.41, 5.74) is 3.08. The fourth-order valence-corrected chi connectivity index (χ4v) is 10.2. The summed E-state index contributed by atoms with van der Waals surface area (Å²) in [6, 6.07) is 16.0. The van der Waals surface area contributed by atoms with Crippen molar-refractivity contribution < 1.29 is 19.4 Å². The Bertz CT molecular complexity index is 1260. The molecule has 3 saturated carbocycles. The number of rotatable bonds is 12. The number of unbranched alkanes of at least 4 members (excludes halogenated alkanes) is 3. The van der Waals surface area contributed by atoms with Crippen LogP contribution in [0.5, 0.6) is 5.75 Å². The summed E-state index contributed by atoms with van der Waals surface area (Å²) in [6.07, 6.45) is 15.4. The number of aromatic hydroxyl groups is 1. The number of hydrogen-bond donors (Lipinski definition) is 2. The van der Waals surface area contributed by atoms with Gasteiger partial charge >= 0.3 is 0 Å². The Morgan fingerprint density at radius 1 is 0.956 bits per heavy atom. The number of phenols is 1. The van der Waals surface area contributed by atoms with Gasteiger partial charge in [0.1, 0.15) is 11.9 Å². The van der Waals surface area contributed by atoms with Crippen molar-refractivity contribution in [2.75, 3.05) is 6.54 Å². The number of hydrogen-bond acceptors (Lipinski definition) is 3. The van der Waals surface area contributed by atoms with Crippen LogP contribution in [-0.4, -0.2) is 39.8 Å². The zero-order valence-electron chi connectivity index (χ0n) is 27.5. The first-order valence-corrected chi connectivity index (χ1v) is 18.3. The molecule has 246 valence electrons. The van der Waals surface area contributed by atoms with Crippen molar-refractivity contribution in [3.63, 3.8) is 0 Å². The fraction of sp³-hybridized carbons (Fsp3) is 0.675. The van der Waals surface area contributed by atoms with Gasteiger partial charge in [0.15, 0.2) is 0 Å². The monoisotopic (exact) mass is 617 g/mol. The molecule has 45 heavy (non-hydrogen) atoms.